The van der Waals surface area contributed by atoms with Crippen LogP contribution in [0.1, 0.15) is 0 Å². The second-order valence-corrected chi connectivity index (χ2v) is 14.4. The summed E-state index contributed by atoms with van der Waals surface area (Å²) >= 11 is 1.91. The number of benzene rings is 8. The molecule has 0 saturated heterocycles. The lowest BCUT2D eigenvalue weighted by Crippen LogP contribution is -1.94. The summed E-state index contributed by atoms with van der Waals surface area (Å²) in [6.07, 6.45) is 0. The first-order valence-electron chi connectivity index (χ1n) is 17.4. The van der Waals surface area contributed by atoms with Crippen molar-refractivity contribution in [2.24, 2.45) is 0 Å². The molecule has 0 saturated carbocycles. The molecule has 8 aromatic carbocycles. The number of hydrogen-bond acceptors (Lipinski definition) is 1. The molecule has 11 aromatic rings. The Morgan fingerprint density at radius 2 is 0.902 bits per heavy atom. The number of nitrogens with zero attached hydrogens (tertiary/aromatic N) is 2. The predicted molar refractivity (Wildman–Crippen MR) is 219 cm³/mol. The minimum Gasteiger partial charge on any atom is -0.309 e. The minimum atomic E-state index is 1.16. The Morgan fingerprint density at radius 1 is 0.353 bits per heavy atom. The van der Waals surface area contributed by atoms with Crippen molar-refractivity contribution in [3.63, 3.8) is 0 Å². The fraction of sp³-hybridized carbons (Fsp3) is 0. The fourth-order valence-electron chi connectivity index (χ4n) is 8.26. The lowest BCUT2D eigenvalue weighted by Gasteiger charge is -2.12. The third-order valence-corrected chi connectivity index (χ3v) is 11.7. The van der Waals surface area contributed by atoms with Crippen molar-refractivity contribution in [3.05, 3.63) is 182 Å². The summed E-state index contributed by atoms with van der Waals surface area (Å²) in [5.41, 5.74) is 12.2. The quantitative estimate of drug-likeness (QED) is 0.177. The molecule has 0 amide bonds. The van der Waals surface area contributed by atoms with Gasteiger partial charge in [0.15, 0.2) is 0 Å². The first-order valence-corrected chi connectivity index (χ1v) is 18.3. The molecule has 0 N–H and O–H groups in total. The Morgan fingerprint density at radius 3 is 1.67 bits per heavy atom. The van der Waals surface area contributed by atoms with Crippen LogP contribution in [-0.2, 0) is 0 Å². The molecule has 0 radical (unpaired) electrons. The molecule has 3 heterocycles. The Labute approximate surface area is 298 Å². The van der Waals surface area contributed by atoms with Gasteiger partial charge in [-0.05, 0) is 82.9 Å². The predicted octanol–water partition coefficient (Wildman–Crippen LogP) is 13.6. The van der Waals surface area contributed by atoms with Gasteiger partial charge >= 0.3 is 0 Å². The van der Waals surface area contributed by atoms with Crippen LogP contribution in [0, 0.1) is 0 Å². The second-order valence-electron chi connectivity index (χ2n) is 13.3. The van der Waals surface area contributed by atoms with E-state index in [-0.39, 0.29) is 0 Å². The first-order chi connectivity index (χ1) is 25.3. The van der Waals surface area contributed by atoms with E-state index in [1.807, 2.05) is 11.3 Å². The molecule has 0 aliphatic carbocycles. The maximum atomic E-state index is 2.46. The first kappa shape index (κ1) is 28.4. The highest BCUT2D eigenvalue weighted by Crippen LogP contribution is 2.48. The summed E-state index contributed by atoms with van der Waals surface area (Å²) < 4.78 is 7.51. The normalized spacial score (nSPS) is 11.9. The lowest BCUT2D eigenvalue weighted by atomic mass is 9.95. The number of rotatable bonds is 4. The zero-order valence-electron chi connectivity index (χ0n) is 27.6. The van der Waals surface area contributed by atoms with E-state index in [9.17, 15) is 0 Å². The molecule has 0 atom stereocenters. The molecule has 0 aliphatic heterocycles. The summed E-state index contributed by atoms with van der Waals surface area (Å²) in [4.78, 5) is 0. The zero-order valence-corrected chi connectivity index (χ0v) is 28.4. The SMILES string of the molecule is c1ccc(-c2ccc(-n3c4ccccc4c4cc(-c5cc6c7ccccc7n(-c7ccccc7)c6c6sc7ccccc7c56)ccc43)cc2)cc1. The van der Waals surface area contributed by atoms with E-state index >= 15 is 0 Å². The lowest BCUT2D eigenvalue weighted by molar-refractivity contribution is 1.18. The topological polar surface area (TPSA) is 9.86 Å². The monoisotopic (exact) mass is 666 g/mol. The molecular formula is C48H30N2S. The van der Waals surface area contributed by atoms with Crippen molar-refractivity contribution in [1.82, 2.24) is 9.13 Å². The van der Waals surface area contributed by atoms with Gasteiger partial charge in [-0.15, -0.1) is 11.3 Å². The molecule has 0 spiro atoms. The molecule has 3 heteroatoms. The van der Waals surface area contributed by atoms with Crippen LogP contribution in [0.15, 0.2) is 182 Å². The molecule has 51 heavy (non-hydrogen) atoms. The van der Waals surface area contributed by atoms with Gasteiger partial charge in [0.2, 0.25) is 0 Å². The van der Waals surface area contributed by atoms with E-state index in [4.69, 9.17) is 0 Å². The van der Waals surface area contributed by atoms with Crippen LogP contribution in [-0.4, -0.2) is 9.13 Å². The summed E-state index contributed by atoms with van der Waals surface area (Å²) in [7, 11) is 0. The van der Waals surface area contributed by atoms with Crippen molar-refractivity contribution >= 4 is 75.1 Å². The van der Waals surface area contributed by atoms with Gasteiger partial charge in [-0.2, -0.15) is 0 Å². The second kappa shape index (κ2) is 11.0. The molecule has 3 aromatic heterocycles. The Balaban J connectivity index is 1.19. The van der Waals surface area contributed by atoms with Crippen molar-refractivity contribution in [1.29, 1.82) is 0 Å². The number of hydrogen-bond donors (Lipinski definition) is 0. The number of fused-ring (bicyclic) bond motifs is 10. The standard InChI is InChI=1S/C48H30N2S/c1-3-13-31(14-4-1)32-23-26-35(27-24-32)49-42-20-10-7-17-36(42)40-29-33(25-28-44(40)49)39-30-41-37-18-8-11-21-43(37)50(34-15-5-2-6-16-34)47(41)48-46(39)38-19-9-12-22-45(38)51-48/h1-30H. The van der Waals surface area contributed by atoms with Crippen molar-refractivity contribution in [3.8, 4) is 33.6 Å². The largest absolute Gasteiger partial charge is 0.309 e. The van der Waals surface area contributed by atoms with E-state index in [1.165, 1.54) is 91.7 Å². The third kappa shape index (κ3) is 4.22. The van der Waals surface area contributed by atoms with E-state index < -0.39 is 0 Å². The van der Waals surface area contributed by atoms with Crippen LogP contribution in [0.2, 0.25) is 0 Å². The number of thiophene rings is 1. The van der Waals surface area contributed by atoms with Crippen LogP contribution in [0.25, 0.3) is 97.4 Å². The summed E-state index contributed by atoms with van der Waals surface area (Å²) in [5, 5.41) is 7.70. The molecule has 0 aliphatic rings. The van der Waals surface area contributed by atoms with Crippen LogP contribution >= 0.6 is 11.3 Å². The smallest absolute Gasteiger partial charge is 0.0720 e. The molecule has 238 valence electrons. The van der Waals surface area contributed by atoms with E-state index in [1.54, 1.807) is 0 Å². The van der Waals surface area contributed by atoms with Gasteiger partial charge in [0.25, 0.3) is 0 Å². The van der Waals surface area contributed by atoms with Gasteiger partial charge < -0.3 is 9.13 Å². The number of para-hydroxylation sites is 3. The highest BCUT2D eigenvalue weighted by Gasteiger charge is 2.22. The third-order valence-electron chi connectivity index (χ3n) is 10.5. The average Bonchev–Trinajstić information content (AvgIpc) is 3.86. The molecule has 0 bridgehead atoms. The summed E-state index contributed by atoms with van der Waals surface area (Å²) in [6.45, 7) is 0. The molecule has 0 unspecified atom stereocenters. The van der Waals surface area contributed by atoms with E-state index in [0.717, 1.165) is 5.69 Å². The Bertz CT molecular complexity index is 3110. The van der Waals surface area contributed by atoms with Gasteiger partial charge in [0.1, 0.15) is 0 Å². The van der Waals surface area contributed by atoms with Gasteiger partial charge in [-0.1, -0.05) is 121 Å². The van der Waals surface area contributed by atoms with Gasteiger partial charge in [0, 0.05) is 48.4 Å². The van der Waals surface area contributed by atoms with Crippen LogP contribution < -0.4 is 0 Å². The molecule has 2 nitrogen and oxygen atoms in total. The average molecular weight is 667 g/mol. The maximum Gasteiger partial charge on any atom is 0.0720 e. The van der Waals surface area contributed by atoms with E-state index in [2.05, 4.69) is 191 Å². The fourth-order valence-corrected chi connectivity index (χ4v) is 9.52. The van der Waals surface area contributed by atoms with Crippen LogP contribution in [0.3, 0.4) is 0 Å². The summed E-state index contributed by atoms with van der Waals surface area (Å²) in [6, 6.07) is 66.5. The van der Waals surface area contributed by atoms with Gasteiger partial charge in [-0.25, -0.2) is 0 Å². The van der Waals surface area contributed by atoms with E-state index in [0.29, 0.717) is 0 Å². The highest BCUT2D eigenvalue weighted by atomic mass is 32.1. The molecular weight excluding hydrogens is 637 g/mol. The summed E-state index contributed by atoms with van der Waals surface area (Å²) in [5.74, 6) is 0. The minimum absolute atomic E-state index is 1.16. The van der Waals surface area contributed by atoms with Crippen LogP contribution in [0.5, 0.6) is 0 Å². The van der Waals surface area contributed by atoms with Crippen molar-refractivity contribution < 1.29 is 0 Å². The zero-order chi connectivity index (χ0) is 33.5. The van der Waals surface area contributed by atoms with Gasteiger partial charge in [0.05, 0.1) is 26.8 Å². The van der Waals surface area contributed by atoms with Crippen molar-refractivity contribution in [2.45, 2.75) is 0 Å². The molecule has 11 rings (SSSR count). The maximum absolute atomic E-state index is 2.46. The highest BCUT2D eigenvalue weighted by molar-refractivity contribution is 7.26. The molecule has 0 fully saturated rings. The Hall–Kier alpha value is -6.42. The van der Waals surface area contributed by atoms with Crippen molar-refractivity contribution in [2.75, 3.05) is 0 Å². The Kier molecular flexibility index (Phi) is 6.16. The van der Waals surface area contributed by atoms with Crippen LogP contribution in [0.4, 0.5) is 0 Å². The van der Waals surface area contributed by atoms with Gasteiger partial charge in [-0.3, -0.25) is 0 Å². The number of aromatic nitrogens is 2.